The molecule has 4 heteroatoms. The fraction of sp³-hybridized carbons (Fsp3) is 0.200. The Morgan fingerprint density at radius 1 is 1.43 bits per heavy atom. The first-order chi connectivity index (χ1) is 6.74. The lowest BCUT2D eigenvalue weighted by Crippen LogP contribution is -2.01. The number of aromatic hydroxyl groups is 1. The molecule has 0 spiro atoms. The second-order valence-corrected chi connectivity index (χ2v) is 3.54. The van der Waals surface area contributed by atoms with Crippen LogP contribution in [0.1, 0.15) is 5.56 Å². The highest BCUT2D eigenvalue weighted by Crippen LogP contribution is 2.30. The molecule has 0 fully saturated rings. The van der Waals surface area contributed by atoms with Crippen LogP contribution in [-0.2, 0) is 6.42 Å². The first-order valence-electron chi connectivity index (χ1n) is 4.42. The van der Waals surface area contributed by atoms with Gasteiger partial charge in [0, 0.05) is 23.4 Å². The van der Waals surface area contributed by atoms with E-state index in [1.54, 1.807) is 18.3 Å². The zero-order valence-electron chi connectivity index (χ0n) is 7.57. The standard InChI is InChI=1S/C10H11ClN2O/c11-13-6-7(4-5-12)10-8(13)2-1-3-9(10)14/h1-3,6,14H,4-5,12H2. The average molecular weight is 211 g/mol. The van der Waals surface area contributed by atoms with Crippen LogP contribution in [0.5, 0.6) is 5.75 Å². The average Bonchev–Trinajstić information content (AvgIpc) is 2.46. The van der Waals surface area contributed by atoms with Crippen LogP contribution in [0.4, 0.5) is 0 Å². The van der Waals surface area contributed by atoms with Gasteiger partial charge in [-0.3, -0.25) is 4.09 Å². The van der Waals surface area contributed by atoms with Gasteiger partial charge >= 0.3 is 0 Å². The van der Waals surface area contributed by atoms with Crippen molar-refractivity contribution in [2.24, 2.45) is 5.73 Å². The summed E-state index contributed by atoms with van der Waals surface area (Å²) in [7, 11) is 0. The maximum Gasteiger partial charge on any atom is 0.125 e. The molecule has 0 radical (unpaired) electrons. The number of benzene rings is 1. The van der Waals surface area contributed by atoms with Gasteiger partial charge in [0.05, 0.1) is 5.52 Å². The number of fused-ring (bicyclic) bond motifs is 1. The van der Waals surface area contributed by atoms with Crippen molar-refractivity contribution in [3.63, 3.8) is 0 Å². The third-order valence-electron chi connectivity index (χ3n) is 2.25. The van der Waals surface area contributed by atoms with Crippen LogP contribution in [0.2, 0.25) is 0 Å². The lowest BCUT2D eigenvalue weighted by atomic mass is 10.1. The van der Waals surface area contributed by atoms with Crippen LogP contribution >= 0.6 is 11.8 Å². The van der Waals surface area contributed by atoms with Gasteiger partial charge in [0.1, 0.15) is 5.75 Å². The summed E-state index contributed by atoms with van der Waals surface area (Å²) in [6, 6.07) is 5.28. The number of hydrogen-bond donors (Lipinski definition) is 2. The molecular formula is C10H11ClN2O. The minimum atomic E-state index is 0.255. The van der Waals surface area contributed by atoms with Gasteiger partial charge in [-0.15, -0.1) is 0 Å². The third-order valence-corrected chi connectivity index (χ3v) is 2.53. The largest absolute Gasteiger partial charge is 0.507 e. The molecule has 0 aliphatic rings. The summed E-state index contributed by atoms with van der Waals surface area (Å²) in [6.07, 6.45) is 2.51. The van der Waals surface area contributed by atoms with Crippen molar-refractivity contribution in [2.75, 3.05) is 6.54 Å². The Hall–Kier alpha value is -1.19. The molecule has 1 aromatic heterocycles. The lowest BCUT2D eigenvalue weighted by molar-refractivity contribution is 0.481. The molecule has 1 heterocycles. The molecule has 74 valence electrons. The summed E-state index contributed by atoms with van der Waals surface area (Å²) in [5, 5.41) is 10.5. The molecule has 2 aromatic rings. The van der Waals surface area contributed by atoms with E-state index in [4.69, 9.17) is 17.5 Å². The molecule has 2 rings (SSSR count). The van der Waals surface area contributed by atoms with Crippen molar-refractivity contribution < 1.29 is 5.11 Å². The molecule has 0 amide bonds. The minimum Gasteiger partial charge on any atom is -0.507 e. The first-order valence-corrected chi connectivity index (χ1v) is 4.76. The molecule has 0 unspecified atom stereocenters. The van der Waals surface area contributed by atoms with Crippen molar-refractivity contribution in [2.45, 2.75) is 6.42 Å². The minimum absolute atomic E-state index is 0.255. The van der Waals surface area contributed by atoms with Crippen LogP contribution in [0.25, 0.3) is 10.9 Å². The van der Waals surface area contributed by atoms with Crippen LogP contribution in [-0.4, -0.2) is 15.7 Å². The van der Waals surface area contributed by atoms with Crippen molar-refractivity contribution in [3.8, 4) is 5.75 Å². The summed E-state index contributed by atoms with van der Waals surface area (Å²) >= 11 is 5.95. The Bertz CT molecular complexity index is 464. The van der Waals surface area contributed by atoms with Gasteiger partial charge in [-0.2, -0.15) is 0 Å². The van der Waals surface area contributed by atoms with Crippen LogP contribution in [0.3, 0.4) is 0 Å². The number of phenolic OH excluding ortho intramolecular Hbond substituents is 1. The fourth-order valence-electron chi connectivity index (χ4n) is 1.65. The van der Waals surface area contributed by atoms with Gasteiger partial charge in [0.2, 0.25) is 0 Å². The van der Waals surface area contributed by atoms with Crippen LogP contribution < -0.4 is 5.73 Å². The highest BCUT2D eigenvalue weighted by molar-refractivity contribution is 6.19. The molecular weight excluding hydrogens is 200 g/mol. The van der Waals surface area contributed by atoms with Gasteiger partial charge in [-0.05, 0) is 30.7 Å². The van der Waals surface area contributed by atoms with E-state index in [1.165, 1.54) is 4.09 Å². The van der Waals surface area contributed by atoms with E-state index in [0.29, 0.717) is 13.0 Å². The molecule has 14 heavy (non-hydrogen) atoms. The normalized spacial score (nSPS) is 11.0. The summed E-state index contributed by atoms with van der Waals surface area (Å²) in [5.74, 6) is 0.255. The number of hydrogen-bond acceptors (Lipinski definition) is 2. The van der Waals surface area contributed by atoms with Gasteiger partial charge in [-0.25, -0.2) is 0 Å². The van der Waals surface area contributed by atoms with Gasteiger partial charge in [0.15, 0.2) is 0 Å². The molecule has 0 aliphatic carbocycles. The van der Waals surface area contributed by atoms with Crippen molar-refractivity contribution in [1.29, 1.82) is 0 Å². The number of nitrogens with two attached hydrogens (primary N) is 1. The molecule has 3 nitrogen and oxygen atoms in total. The quantitative estimate of drug-likeness (QED) is 0.795. The summed E-state index contributed by atoms with van der Waals surface area (Å²) < 4.78 is 1.49. The monoisotopic (exact) mass is 210 g/mol. The summed E-state index contributed by atoms with van der Waals surface area (Å²) in [4.78, 5) is 0. The first kappa shape index (κ1) is 9.37. The lowest BCUT2D eigenvalue weighted by Gasteiger charge is -1.98. The van der Waals surface area contributed by atoms with E-state index in [-0.39, 0.29) is 5.75 Å². The Balaban J connectivity index is 2.72. The smallest absolute Gasteiger partial charge is 0.125 e. The second-order valence-electron chi connectivity index (χ2n) is 3.18. The van der Waals surface area contributed by atoms with E-state index >= 15 is 0 Å². The Morgan fingerprint density at radius 2 is 2.21 bits per heavy atom. The predicted molar refractivity (Wildman–Crippen MR) is 57.6 cm³/mol. The van der Waals surface area contributed by atoms with Gasteiger partial charge < -0.3 is 10.8 Å². The Morgan fingerprint density at radius 3 is 2.93 bits per heavy atom. The fourth-order valence-corrected chi connectivity index (χ4v) is 1.91. The molecule has 0 atom stereocenters. The zero-order valence-corrected chi connectivity index (χ0v) is 8.33. The summed E-state index contributed by atoms with van der Waals surface area (Å²) in [5.41, 5.74) is 7.27. The van der Waals surface area contributed by atoms with Crippen LogP contribution in [0, 0.1) is 0 Å². The van der Waals surface area contributed by atoms with E-state index in [2.05, 4.69) is 0 Å². The van der Waals surface area contributed by atoms with Crippen molar-refractivity contribution in [3.05, 3.63) is 30.0 Å². The highest BCUT2D eigenvalue weighted by atomic mass is 35.5. The van der Waals surface area contributed by atoms with Crippen molar-refractivity contribution in [1.82, 2.24) is 4.09 Å². The van der Waals surface area contributed by atoms with E-state index in [1.807, 2.05) is 6.07 Å². The van der Waals surface area contributed by atoms with E-state index < -0.39 is 0 Å². The molecule has 0 bridgehead atoms. The van der Waals surface area contributed by atoms with Gasteiger partial charge in [-0.1, -0.05) is 6.07 Å². The summed E-state index contributed by atoms with van der Waals surface area (Å²) in [6.45, 7) is 0.546. The molecule has 3 N–H and O–H groups in total. The van der Waals surface area contributed by atoms with E-state index in [0.717, 1.165) is 16.5 Å². The topological polar surface area (TPSA) is 51.2 Å². The van der Waals surface area contributed by atoms with Crippen molar-refractivity contribution >= 4 is 22.7 Å². The maximum absolute atomic E-state index is 9.68. The number of phenols is 1. The molecule has 1 aromatic carbocycles. The van der Waals surface area contributed by atoms with Gasteiger partial charge in [0.25, 0.3) is 0 Å². The molecule has 0 saturated heterocycles. The number of halogens is 1. The SMILES string of the molecule is NCCc1cn(Cl)c2cccc(O)c12. The number of nitrogens with zero attached hydrogens (tertiary/aromatic N) is 1. The third kappa shape index (κ3) is 1.35. The Labute approximate surface area is 86.8 Å². The maximum atomic E-state index is 9.68. The zero-order chi connectivity index (χ0) is 10.1. The molecule has 0 saturated carbocycles. The number of rotatable bonds is 2. The molecule has 0 aliphatic heterocycles. The highest BCUT2D eigenvalue weighted by Gasteiger charge is 2.09. The van der Waals surface area contributed by atoms with E-state index in [9.17, 15) is 5.11 Å². The second kappa shape index (κ2) is 3.52. The Kier molecular flexibility index (Phi) is 2.35. The van der Waals surface area contributed by atoms with Crippen LogP contribution in [0.15, 0.2) is 24.4 Å². The number of aromatic nitrogens is 1. The predicted octanol–water partition coefficient (Wildman–Crippen LogP) is 1.85.